The Morgan fingerprint density at radius 2 is 2.05 bits per heavy atom. The maximum atomic E-state index is 3.78. The average molecular weight is 311 g/mol. The monoisotopic (exact) mass is 311 g/mol. The predicted molar refractivity (Wildman–Crippen MR) is 101 cm³/mol. The van der Waals surface area contributed by atoms with Gasteiger partial charge in [-0.2, -0.15) is 0 Å². The minimum atomic E-state index is 1.02. The van der Waals surface area contributed by atoms with Crippen molar-refractivity contribution in [3.63, 3.8) is 0 Å². The Kier molecular flexibility index (Phi) is 6.29. The van der Waals surface area contributed by atoms with Crippen LogP contribution in [0.5, 0.6) is 0 Å². The SMILES string of the molecule is C=C/C=C\C1=C(C)C(=C\CCN(C)C)/c2ccccc2CS1. The lowest BCUT2D eigenvalue weighted by atomic mass is 9.94. The van der Waals surface area contributed by atoms with E-state index >= 15 is 0 Å². The molecule has 0 saturated heterocycles. The van der Waals surface area contributed by atoms with E-state index in [-0.39, 0.29) is 0 Å². The summed E-state index contributed by atoms with van der Waals surface area (Å²) in [5.74, 6) is 1.02. The molecule has 0 fully saturated rings. The summed E-state index contributed by atoms with van der Waals surface area (Å²) in [6, 6.07) is 8.77. The number of nitrogens with zero attached hydrogens (tertiary/aromatic N) is 1. The molecule has 0 amide bonds. The van der Waals surface area contributed by atoms with Crippen LogP contribution in [0.1, 0.15) is 24.5 Å². The fourth-order valence-electron chi connectivity index (χ4n) is 2.57. The smallest absolute Gasteiger partial charge is 0.0238 e. The third-order valence-electron chi connectivity index (χ3n) is 3.77. The van der Waals surface area contributed by atoms with Crippen molar-refractivity contribution in [3.8, 4) is 0 Å². The van der Waals surface area contributed by atoms with Gasteiger partial charge in [0.25, 0.3) is 0 Å². The number of thioether (sulfide) groups is 1. The number of rotatable bonds is 5. The molecular weight excluding hydrogens is 286 g/mol. The second-order valence-electron chi connectivity index (χ2n) is 5.74. The topological polar surface area (TPSA) is 3.24 Å². The van der Waals surface area contributed by atoms with Gasteiger partial charge in [-0.25, -0.2) is 0 Å². The van der Waals surface area contributed by atoms with Gasteiger partial charge in [-0.1, -0.05) is 49.1 Å². The van der Waals surface area contributed by atoms with Crippen molar-refractivity contribution in [1.29, 1.82) is 0 Å². The van der Waals surface area contributed by atoms with Gasteiger partial charge >= 0.3 is 0 Å². The molecule has 0 unspecified atom stereocenters. The van der Waals surface area contributed by atoms with Crippen LogP contribution in [-0.2, 0) is 5.75 Å². The Hall–Kier alpha value is -1.51. The van der Waals surface area contributed by atoms with Gasteiger partial charge in [-0.3, -0.25) is 0 Å². The first-order chi connectivity index (χ1) is 10.6. The molecule has 0 saturated carbocycles. The van der Waals surface area contributed by atoms with Crippen LogP contribution in [0, 0.1) is 0 Å². The molecule has 1 aliphatic heterocycles. The Labute approximate surface area is 139 Å². The lowest BCUT2D eigenvalue weighted by molar-refractivity contribution is 0.417. The van der Waals surface area contributed by atoms with E-state index in [1.807, 2.05) is 23.9 Å². The van der Waals surface area contributed by atoms with Crippen LogP contribution < -0.4 is 0 Å². The first-order valence-electron chi connectivity index (χ1n) is 7.69. The van der Waals surface area contributed by atoms with Gasteiger partial charge in [0.1, 0.15) is 0 Å². The van der Waals surface area contributed by atoms with Crippen molar-refractivity contribution in [2.75, 3.05) is 20.6 Å². The molecule has 1 aromatic carbocycles. The zero-order chi connectivity index (χ0) is 15.9. The molecule has 0 aromatic heterocycles. The normalized spacial score (nSPS) is 17.2. The van der Waals surface area contributed by atoms with E-state index in [0.717, 1.165) is 18.7 Å². The molecule has 0 bridgehead atoms. The van der Waals surface area contributed by atoms with Crippen molar-refractivity contribution in [3.05, 3.63) is 76.8 Å². The molecule has 1 nitrogen and oxygen atoms in total. The molecule has 116 valence electrons. The molecular formula is C20H25NS. The van der Waals surface area contributed by atoms with Crippen LogP contribution >= 0.6 is 11.8 Å². The van der Waals surface area contributed by atoms with Crippen LogP contribution in [0.2, 0.25) is 0 Å². The van der Waals surface area contributed by atoms with E-state index in [0.29, 0.717) is 0 Å². The number of allylic oxidation sites excluding steroid dienone is 5. The number of benzene rings is 1. The molecule has 0 spiro atoms. The maximum absolute atomic E-state index is 3.78. The zero-order valence-electron chi connectivity index (χ0n) is 13.8. The van der Waals surface area contributed by atoms with Crippen LogP contribution in [0.4, 0.5) is 0 Å². The van der Waals surface area contributed by atoms with E-state index in [1.165, 1.54) is 27.2 Å². The Balaban J connectivity index is 2.44. The summed E-state index contributed by atoms with van der Waals surface area (Å²) in [6.45, 7) is 7.09. The molecule has 2 heteroatoms. The summed E-state index contributed by atoms with van der Waals surface area (Å²) in [5, 5.41) is 0. The first-order valence-corrected chi connectivity index (χ1v) is 8.68. The zero-order valence-corrected chi connectivity index (χ0v) is 14.6. The molecule has 22 heavy (non-hydrogen) atoms. The van der Waals surface area contributed by atoms with Crippen LogP contribution in [0.25, 0.3) is 5.57 Å². The van der Waals surface area contributed by atoms with E-state index in [2.05, 4.69) is 68.9 Å². The van der Waals surface area contributed by atoms with Crippen LogP contribution in [-0.4, -0.2) is 25.5 Å². The minimum absolute atomic E-state index is 1.02. The van der Waals surface area contributed by atoms with Crippen molar-refractivity contribution in [2.45, 2.75) is 19.1 Å². The first kappa shape index (κ1) is 16.9. The van der Waals surface area contributed by atoms with E-state index in [9.17, 15) is 0 Å². The van der Waals surface area contributed by atoms with Gasteiger partial charge in [0.15, 0.2) is 0 Å². The quantitative estimate of drug-likeness (QED) is 0.680. The third kappa shape index (κ3) is 4.25. The van der Waals surface area contributed by atoms with Gasteiger partial charge in [0.2, 0.25) is 0 Å². The summed E-state index contributed by atoms with van der Waals surface area (Å²) < 4.78 is 0. The fourth-order valence-corrected chi connectivity index (χ4v) is 3.63. The fraction of sp³-hybridized carbons (Fsp3) is 0.300. The standard InChI is InChI=1S/C20H25NS/c1-5-6-13-20-16(2)18(12-9-14-21(3)4)19-11-8-7-10-17(19)15-22-20/h5-8,10-13H,1,9,14-15H2,2-4H3/b13-6-,18-12+. The van der Waals surface area contributed by atoms with Gasteiger partial charge in [-0.15, -0.1) is 11.8 Å². The summed E-state index contributed by atoms with van der Waals surface area (Å²) in [6.07, 6.45) is 9.51. The largest absolute Gasteiger partial charge is 0.309 e. The van der Waals surface area contributed by atoms with Crippen molar-refractivity contribution < 1.29 is 0 Å². The highest BCUT2D eigenvalue weighted by atomic mass is 32.2. The van der Waals surface area contributed by atoms with Crippen molar-refractivity contribution in [2.24, 2.45) is 0 Å². The Morgan fingerprint density at radius 3 is 2.77 bits per heavy atom. The molecule has 0 aliphatic carbocycles. The van der Waals surface area contributed by atoms with Gasteiger partial charge in [-0.05, 0) is 55.8 Å². The summed E-state index contributed by atoms with van der Waals surface area (Å²) in [7, 11) is 4.24. The lowest BCUT2D eigenvalue weighted by Gasteiger charge is -2.13. The van der Waals surface area contributed by atoms with Gasteiger partial charge in [0.05, 0.1) is 0 Å². The molecule has 1 aliphatic rings. The molecule has 2 rings (SSSR count). The predicted octanol–water partition coefficient (Wildman–Crippen LogP) is 5.28. The molecule has 1 heterocycles. The van der Waals surface area contributed by atoms with Gasteiger partial charge < -0.3 is 4.90 Å². The molecule has 0 radical (unpaired) electrons. The average Bonchev–Trinajstić information content (AvgIpc) is 2.63. The highest BCUT2D eigenvalue weighted by molar-refractivity contribution is 8.02. The van der Waals surface area contributed by atoms with Crippen molar-refractivity contribution in [1.82, 2.24) is 4.90 Å². The molecule has 1 aromatic rings. The Morgan fingerprint density at radius 1 is 1.27 bits per heavy atom. The number of hydrogen-bond donors (Lipinski definition) is 0. The molecule has 0 atom stereocenters. The Bertz CT molecular complexity index is 620. The second kappa shape index (κ2) is 8.21. The highest BCUT2D eigenvalue weighted by Gasteiger charge is 2.16. The summed E-state index contributed by atoms with van der Waals surface area (Å²) in [4.78, 5) is 3.57. The maximum Gasteiger partial charge on any atom is 0.0238 e. The van der Waals surface area contributed by atoms with E-state index < -0.39 is 0 Å². The lowest BCUT2D eigenvalue weighted by Crippen LogP contribution is -2.12. The van der Waals surface area contributed by atoms with E-state index in [1.54, 1.807) is 0 Å². The number of hydrogen-bond acceptors (Lipinski definition) is 2. The van der Waals surface area contributed by atoms with Crippen molar-refractivity contribution >= 4 is 17.3 Å². The van der Waals surface area contributed by atoms with Crippen LogP contribution in [0.3, 0.4) is 0 Å². The third-order valence-corrected chi connectivity index (χ3v) is 4.98. The minimum Gasteiger partial charge on any atom is -0.309 e. The summed E-state index contributed by atoms with van der Waals surface area (Å²) >= 11 is 1.91. The van der Waals surface area contributed by atoms with E-state index in [4.69, 9.17) is 0 Å². The highest BCUT2D eigenvalue weighted by Crippen LogP contribution is 2.39. The van der Waals surface area contributed by atoms with Gasteiger partial charge in [0, 0.05) is 17.2 Å². The summed E-state index contributed by atoms with van der Waals surface area (Å²) in [5.41, 5.74) is 5.55. The second-order valence-corrected chi connectivity index (χ2v) is 6.76. The van der Waals surface area contributed by atoms with Crippen LogP contribution in [0.15, 0.2) is 65.6 Å². The molecule has 0 N–H and O–H groups in total. The number of fused-ring (bicyclic) bond motifs is 1.